The summed E-state index contributed by atoms with van der Waals surface area (Å²) in [5, 5.41) is 1.41. The third-order valence-corrected chi connectivity index (χ3v) is 8.14. The summed E-state index contributed by atoms with van der Waals surface area (Å²) in [5.41, 5.74) is 1.95. The van der Waals surface area contributed by atoms with Crippen LogP contribution in [0.25, 0.3) is 0 Å². The molecule has 2 fully saturated rings. The molecule has 0 radical (unpaired) electrons. The number of fused-ring (bicyclic) bond motifs is 1. The number of rotatable bonds is 2. The minimum Gasteiger partial charge on any atom is -0.443 e. The van der Waals surface area contributed by atoms with Crippen molar-refractivity contribution in [2.24, 2.45) is 11.3 Å². The molecule has 0 N–H and O–H groups in total. The minimum atomic E-state index is -0.681. The Morgan fingerprint density at radius 2 is 1.76 bits per heavy atom. The second-order valence-electron chi connectivity index (χ2n) is 11.1. The summed E-state index contributed by atoms with van der Waals surface area (Å²) in [6.45, 7) is 11.5. The van der Waals surface area contributed by atoms with Gasteiger partial charge in [0.15, 0.2) is 0 Å². The fourth-order valence-corrected chi connectivity index (χ4v) is 6.62. The number of aryl methyl sites for hydroxylation is 1. The lowest BCUT2D eigenvalue weighted by molar-refractivity contribution is -0.137. The van der Waals surface area contributed by atoms with Crippen LogP contribution in [0.4, 0.5) is 4.79 Å². The van der Waals surface area contributed by atoms with E-state index in [-0.39, 0.29) is 29.7 Å². The van der Waals surface area contributed by atoms with Crippen molar-refractivity contribution in [3.05, 3.63) is 69.2 Å². The number of likely N-dealkylation sites (tertiary alicyclic amines) is 1. The standard InChI is InChI=1S/C28H33Cl2NO3/c1-16-7-12-20(22(30)15-16)21-13-14-28(6)24(23(21)18-8-10-19(29)11-9-18)17(2)31(25(28)32)26(33)34-27(3,4)5/h7-12,15,17,21,23-24H,13-14H2,1-6H3. The lowest BCUT2D eigenvalue weighted by Crippen LogP contribution is -2.43. The van der Waals surface area contributed by atoms with E-state index in [0.29, 0.717) is 11.4 Å². The third-order valence-electron chi connectivity index (χ3n) is 7.57. The van der Waals surface area contributed by atoms with Gasteiger partial charge in [0.05, 0.1) is 5.41 Å². The zero-order chi connectivity index (χ0) is 25.0. The largest absolute Gasteiger partial charge is 0.443 e. The van der Waals surface area contributed by atoms with Crippen molar-refractivity contribution >= 4 is 35.2 Å². The SMILES string of the molecule is Cc1ccc(C2CCC3(C)C(=O)N(C(=O)OC(C)(C)C)C(C)C3C2c2ccc(Cl)cc2)c(Cl)c1. The maximum atomic E-state index is 13.8. The van der Waals surface area contributed by atoms with Gasteiger partial charge in [0, 0.05) is 22.0 Å². The van der Waals surface area contributed by atoms with Gasteiger partial charge in [-0.1, -0.05) is 54.4 Å². The molecule has 4 rings (SSSR count). The number of hydrogen-bond acceptors (Lipinski definition) is 3. The number of benzene rings is 2. The first-order valence-electron chi connectivity index (χ1n) is 11.9. The van der Waals surface area contributed by atoms with E-state index in [1.807, 2.05) is 71.9 Å². The Balaban J connectivity index is 1.83. The molecule has 34 heavy (non-hydrogen) atoms. The summed E-state index contributed by atoms with van der Waals surface area (Å²) in [6.07, 6.45) is 0.906. The minimum absolute atomic E-state index is 0.0115. The average Bonchev–Trinajstić information content (AvgIpc) is 2.93. The van der Waals surface area contributed by atoms with E-state index in [2.05, 4.69) is 12.1 Å². The molecular weight excluding hydrogens is 469 g/mol. The van der Waals surface area contributed by atoms with Crippen LogP contribution in [0, 0.1) is 18.3 Å². The maximum Gasteiger partial charge on any atom is 0.417 e. The molecule has 1 heterocycles. The molecule has 0 aromatic heterocycles. The van der Waals surface area contributed by atoms with Crippen LogP contribution in [0.2, 0.25) is 10.0 Å². The number of halogens is 2. The summed E-state index contributed by atoms with van der Waals surface area (Å²) < 4.78 is 5.64. The summed E-state index contributed by atoms with van der Waals surface area (Å²) in [7, 11) is 0. The maximum absolute atomic E-state index is 13.8. The van der Waals surface area contributed by atoms with Gasteiger partial charge in [-0.25, -0.2) is 9.69 Å². The Kier molecular flexibility index (Phi) is 6.54. The number of amides is 2. The second kappa shape index (κ2) is 8.87. The van der Waals surface area contributed by atoms with Gasteiger partial charge in [-0.3, -0.25) is 4.79 Å². The molecule has 4 nitrogen and oxygen atoms in total. The van der Waals surface area contributed by atoms with Crippen LogP contribution in [0.15, 0.2) is 42.5 Å². The molecule has 2 aromatic carbocycles. The van der Waals surface area contributed by atoms with Crippen LogP contribution in [-0.4, -0.2) is 28.5 Å². The van der Waals surface area contributed by atoms with Gasteiger partial charge in [-0.05, 0) is 94.2 Å². The predicted molar refractivity (Wildman–Crippen MR) is 136 cm³/mol. The van der Waals surface area contributed by atoms with Crippen molar-refractivity contribution in [2.75, 3.05) is 0 Å². The molecule has 0 spiro atoms. The topological polar surface area (TPSA) is 46.6 Å². The molecular formula is C28H33Cl2NO3. The molecule has 1 saturated carbocycles. The highest BCUT2D eigenvalue weighted by atomic mass is 35.5. The first-order valence-corrected chi connectivity index (χ1v) is 12.7. The first-order chi connectivity index (χ1) is 15.8. The van der Waals surface area contributed by atoms with E-state index >= 15 is 0 Å². The average molecular weight is 502 g/mol. The normalized spacial score (nSPS) is 29.2. The van der Waals surface area contributed by atoms with Crippen molar-refractivity contribution in [1.29, 1.82) is 0 Å². The lowest BCUT2D eigenvalue weighted by Gasteiger charge is -2.46. The fraction of sp³-hybridized carbons (Fsp3) is 0.500. The highest BCUT2D eigenvalue weighted by Gasteiger charge is 2.62. The summed E-state index contributed by atoms with van der Waals surface area (Å²) in [6, 6.07) is 13.8. The Morgan fingerprint density at radius 1 is 1.12 bits per heavy atom. The number of ether oxygens (including phenoxy) is 1. The van der Waals surface area contributed by atoms with Crippen LogP contribution < -0.4 is 0 Å². The predicted octanol–water partition coefficient (Wildman–Crippen LogP) is 7.75. The van der Waals surface area contributed by atoms with Crippen molar-refractivity contribution < 1.29 is 14.3 Å². The Bertz CT molecular complexity index is 1110. The van der Waals surface area contributed by atoms with Gasteiger partial charge in [0.25, 0.3) is 0 Å². The van der Waals surface area contributed by atoms with Crippen molar-refractivity contribution in [3.63, 3.8) is 0 Å². The van der Waals surface area contributed by atoms with E-state index in [0.717, 1.165) is 28.1 Å². The smallest absolute Gasteiger partial charge is 0.417 e. The van der Waals surface area contributed by atoms with Gasteiger partial charge in [-0.2, -0.15) is 0 Å². The molecule has 1 saturated heterocycles. The van der Waals surface area contributed by atoms with E-state index in [4.69, 9.17) is 27.9 Å². The van der Waals surface area contributed by atoms with Crippen molar-refractivity contribution in [2.45, 2.75) is 77.9 Å². The highest BCUT2D eigenvalue weighted by molar-refractivity contribution is 6.31. The molecule has 182 valence electrons. The van der Waals surface area contributed by atoms with Crippen LogP contribution in [-0.2, 0) is 9.53 Å². The summed E-state index contributed by atoms with van der Waals surface area (Å²) in [4.78, 5) is 28.3. The molecule has 5 atom stereocenters. The molecule has 2 aliphatic rings. The Morgan fingerprint density at radius 3 is 2.35 bits per heavy atom. The van der Waals surface area contributed by atoms with Crippen molar-refractivity contribution in [3.8, 4) is 0 Å². The second-order valence-corrected chi connectivity index (χ2v) is 11.9. The molecule has 0 bridgehead atoms. The Labute approximate surface area is 212 Å². The molecule has 2 amide bonds. The third kappa shape index (κ3) is 4.35. The lowest BCUT2D eigenvalue weighted by atomic mass is 9.56. The van der Waals surface area contributed by atoms with E-state index in [1.165, 1.54) is 4.90 Å². The first kappa shape index (κ1) is 25.1. The Hall–Kier alpha value is -2.04. The number of hydrogen-bond donors (Lipinski definition) is 0. The van der Waals surface area contributed by atoms with Gasteiger partial charge in [-0.15, -0.1) is 0 Å². The number of nitrogens with zero attached hydrogens (tertiary/aromatic N) is 1. The molecule has 2 aromatic rings. The number of carbonyl (C=O) groups excluding carboxylic acids is 2. The number of imide groups is 1. The quantitative estimate of drug-likeness (QED) is 0.422. The number of carbonyl (C=O) groups is 2. The zero-order valence-electron chi connectivity index (χ0n) is 20.7. The van der Waals surface area contributed by atoms with Crippen molar-refractivity contribution in [1.82, 2.24) is 4.90 Å². The van der Waals surface area contributed by atoms with E-state index in [9.17, 15) is 9.59 Å². The fourth-order valence-electron chi connectivity index (χ4n) is 6.12. The molecule has 6 heteroatoms. The highest BCUT2D eigenvalue weighted by Crippen LogP contribution is 2.61. The molecule has 5 unspecified atom stereocenters. The molecule has 1 aliphatic heterocycles. The van der Waals surface area contributed by atoms with E-state index in [1.54, 1.807) is 0 Å². The summed E-state index contributed by atoms with van der Waals surface area (Å²) >= 11 is 13.0. The zero-order valence-corrected chi connectivity index (χ0v) is 22.2. The van der Waals surface area contributed by atoms with E-state index < -0.39 is 17.1 Å². The van der Waals surface area contributed by atoms with Gasteiger partial charge in [0.2, 0.25) is 5.91 Å². The van der Waals surface area contributed by atoms with Gasteiger partial charge >= 0.3 is 6.09 Å². The van der Waals surface area contributed by atoms with Crippen LogP contribution in [0.3, 0.4) is 0 Å². The molecule has 1 aliphatic carbocycles. The van der Waals surface area contributed by atoms with Gasteiger partial charge in [0.1, 0.15) is 5.60 Å². The monoisotopic (exact) mass is 501 g/mol. The van der Waals surface area contributed by atoms with Gasteiger partial charge < -0.3 is 4.74 Å². The van der Waals surface area contributed by atoms with Crippen LogP contribution in [0.1, 0.15) is 76.0 Å². The summed E-state index contributed by atoms with van der Waals surface area (Å²) in [5.74, 6) is -0.139. The van der Waals surface area contributed by atoms with Crippen LogP contribution >= 0.6 is 23.2 Å². The van der Waals surface area contributed by atoms with Crippen LogP contribution in [0.5, 0.6) is 0 Å².